The molecule has 1 aromatic rings. The normalized spacial score (nSPS) is 20.3. The summed E-state index contributed by atoms with van der Waals surface area (Å²) in [6.07, 6.45) is 1.29. The fourth-order valence-electron chi connectivity index (χ4n) is 2.95. The average molecular weight is 289 g/mol. The Balaban J connectivity index is 1.71. The Morgan fingerprint density at radius 2 is 1.95 bits per heavy atom. The summed E-state index contributed by atoms with van der Waals surface area (Å²) >= 11 is 0. The minimum atomic E-state index is 0.218. The summed E-state index contributed by atoms with van der Waals surface area (Å²) in [5.41, 5.74) is 1.64. The van der Waals surface area contributed by atoms with E-state index in [1.807, 2.05) is 0 Å². The van der Waals surface area contributed by atoms with Gasteiger partial charge in [-0.15, -0.1) is 0 Å². The van der Waals surface area contributed by atoms with Crippen LogP contribution in [0, 0.1) is 0 Å². The van der Waals surface area contributed by atoms with Crippen LogP contribution < -0.4 is 5.32 Å². The SMILES string of the molecule is CN(CCNC(C)(C)C)C1CCN(Cc2ccccc2)C1. The van der Waals surface area contributed by atoms with Gasteiger partial charge in [0.2, 0.25) is 0 Å². The van der Waals surface area contributed by atoms with Gasteiger partial charge in [-0.25, -0.2) is 0 Å². The number of nitrogens with one attached hydrogen (secondary N) is 1. The van der Waals surface area contributed by atoms with Gasteiger partial charge in [-0.1, -0.05) is 30.3 Å². The van der Waals surface area contributed by atoms with E-state index in [-0.39, 0.29) is 5.54 Å². The highest BCUT2D eigenvalue weighted by Crippen LogP contribution is 2.17. The molecule has 2 rings (SSSR count). The first kappa shape index (κ1) is 16.5. The van der Waals surface area contributed by atoms with Crippen LogP contribution in [0.5, 0.6) is 0 Å². The number of benzene rings is 1. The van der Waals surface area contributed by atoms with Gasteiger partial charge in [-0.2, -0.15) is 0 Å². The van der Waals surface area contributed by atoms with Crippen LogP contribution in [-0.4, -0.2) is 54.6 Å². The van der Waals surface area contributed by atoms with Gasteiger partial charge < -0.3 is 10.2 Å². The second-order valence-electron chi connectivity index (χ2n) is 7.32. The van der Waals surface area contributed by atoms with Gasteiger partial charge >= 0.3 is 0 Å². The Morgan fingerprint density at radius 1 is 1.24 bits per heavy atom. The first-order chi connectivity index (χ1) is 9.94. The zero-order chi connectivity index (χ0) is 15.3. The summed E-state index contributed by atoms with van der Waals surface area (Å²) in [6, 6.07) is 11.5. The Bertz CT molecular complexity index is 410. The highest BCUT2D eigenvalue weighted by molar-refractivity contribution is 5.14. The second-order valence-corrected chi connectivity index (χ2v) is 7.32. The first-order valence-electron chi connectivity index (χ1n) is 8.15. The van der Waals surface area contributed by atoms with Crippen molar-refractivity contribution in [2.24, 2.45) is 0 Å². The lowest BCUT2D eigenvalue weighted by molar-refractivity contribution is 0.223. The molecule has 1 saturated heterocycles. The molecule has 118 valence electrons. The first-order valence-corrected chi connectivity index (χ1v) is 8.15. The molecule has 3 nitrogen and oxygen atoms in total. The van der Waals surface area contributed by atoms with Crippen molar-refractivity contribution in [3.05, 3.63) is 35.9 Å². The number of hydrogen-bond donors (Lipinski definition) is 1. The van der Waals surface area contributed by atoms with Gasteiger partial charge in [0.1, 0.15) is 0 Å². The van der Waals surface area contributed by atoms with Crippen LogP contribution in [0.3, 0.4) is 0 Å². The summed E-state index contributed by atoms with van der Waals surface area (Å²) in [6.45, 7) is 12.4. The van der Waals surface area contributed by atoms with Crippen LogP contribution in [0.4, 0.5) is 0 Å². The third-order valence-corrected chi connectivity index (χ3v) is 4.24. The van der Waals surface area contributed by atoms with Crippen LogP contribution in [0.25, 0.3) is 0 Å². The maximum atomic E-state index is 3.57. The van der Waals surface area contributed by atoms with Crippen molar-refractivity contribution in [1.29, 1.82) is 0 Å². The fraction of sp³-hybridized carbons (Fsp3) is 0.667. The lowest BCUT2D eigenvalue weighted by Crippen LogP contribution is -2.43. The maximum Gasteiger partial charge on any atom is 0.0234 e. The van der Waals surface area contributed by atoms with Gasteiger partial charge in [0.05, 0.1) is 0 Å². The maximum absolute atomic E-state index is 3.57. The number of likely N-dealkylation sites (tertiary alicyclic amines) is 1. The topological polar surface area (TPSA) is 18.5 Å². The van der Waals surface area contributed by atoms with Crippen LogP contribution in [-0.2, 0) is 6.54 Å². The van der Waals surface area contributed by atoms with E-state index < -0.39 is 0 Å². The van der Waals surface area contributed by atoms with Crippen molar-refractivity contribution in [3.63, 3.8) is 0 Å². The lowest BCUT2D eigenvalue weighted by atomic mass is 10.1. The summed E-state index contributed by atoms with van der Waals surface area (Å²) in [4.78, 5) is 5.09. The zero-order valence-corrected chi connectivity index (χ0v) is 14.1. The van der Waals surface area contributed by atoms with E-state index in [0.29, 0.717) is 6.04 Å². The summed E-state index contributed by atoms with van der Waals surface area (Å²) < 4.78 is 0. The third-order valence-electron chi connectivity index (χ3n) is 4.24. The standard InChI is InChI=1S/C18H31N3/c1-18(2,3)19-11-13-20(4)17-10-12-21(15-17)14-16-8-6-5-7-9-16/h5-9,17,19H,10-15H2,1-4H3. The quantitative estimate of drug-likeness (QED) is 0.868. The molecule has 1 aromatic carbocycles. The molecule has 1 unspecified atom stereocenters. The molecule has 3 heteroatoms. The van der Waals surface area contributed by atoms with E-state index in [4.69, 9.17) is 0 Å². The van der Waals surface area contributed by atoms with E-state index >= 15 is 0 Å². The van der Waals surface area contributed by atoms with Crippen molar-refractivity contribution in [2.75, 3.05) is 33.2 Å². The number of likely N-dealkylation sites (N-methyl/N-ethyl adjacent to an activating group) is 1. The third kappa shape index (κ3) is 5.77. The predicted octanol–water partition coefficient (Wildman–Crippen LogP) is 2.58. The van der Waals surface area contributed by atoms with Gasteiger partial charge in [-0.3, -0.25) is 4.90 Å². The molecule has 1 heterocycles. The van der Waals surface area contributed by atoms with Gasteiger partial charge in [-0.05, 0) is 39.8 Å². The van der Waals surface area contributed by atoms with E-state index in [1.165, 1.54) is 25.1 Å². The zero-order valence-electron chi connectivity index (χ0n) is 14.1. The molecular formula is C18H31N3. The Hall–Kier alpha value is -0.900. The molecule has 1 fully saturated rings. The molecule has 0 amide bonds. The molecule has 0 radical (unpaired) electrons. The highest BCUT2D eigenvalue weighted by Gasteiger charge is 2.25. The highest BCUT2D eigenvalue weighted by atomic mass is 15.2. The molecule has 0 saturated carbocycles. The summed E-state index contributed by atoms with van der Waals surface area (Å²) in [5.74, 6) is 0. The molecule has 0 aromatic heterocycles. The van der Waals surface area contributed by atoms with Crippen LogP contribution >= 0.6 is 0 Å². The number of hydrogen-bond acceptors (Lipinski definition) is 3. The fourth-order valence-corrected chi connectivity index (χ4v) is 2.95. The molecule has 1 atom stereocenters. The van der Waals surface area contributed by atoms with Crippen molar-refractivity contribution in [2.45, 2.75) is 45.3 Å². The number of nitrogens with zero attached hydrogens (tertiary/aromatic N) is 2. The van der Waals surface area contributed by atoms with Crippen LogP contribution in [0.2, 0.25) is 0 Å². The monoisotopic (exact) mass is 289 g/mol. The molecule has 1 aliphatic rings. The molecule has 0 spiro atoms. The Morgan fingerprint density at radius 3 is 2.62 bits per heavy atom. The molecule has 21 heavy (non-hydrogen) atoms. The summed E-state index contributed by atoms with van der Waals surface area (Å²) in [5, 5.41) is 3.57. The van der Waals surface area contributed by atoms with E-state index in [1.54, 1.807) is 0 Å². The number of rotatable bonds is 6. The summed E-state index contributed by atoms with van der Waals surface area (Å²) in [7, 11) is 2.26. The van der Waals surface area contributed by atoms with Crippen molar-refractivity contribution in [3.8, 4) is 0 Å². The van der Waals surface area contributed by atoms with E-state index in [9.17, 15) is 0 Å². The van der Waals surface area contributed by atoms with Crippen LogP contribution in [0.1, 0.15) is 32.8 Å². The second kappa shape index (κ2) is 7.39. The van der Waals surface area contributed by atoms with Gasteiger partial charge in [0, 0.05) is 44.3 Å². The lowest BCUT2D eigenvalue weighted by Gasteiger charge is -2.27. The average Bonchev–Trinajstić information content (AvgIpc) is 2.87. The van der Waals surface area contributed by atoms with Gasteiger partial charge in [0.25, 0.3) is 0 Å². The molecule has 0 bridgehead atoms. The molecule has 1 aliphatic heterocycles. The van der Waals surface area contributed by atoms with E-state index in [2.05, 4.69) is 73.3 Å². The van der Waals surface area contributed by atoms with Crippen molar-refractivity contribution >= 4 is 0 Å². The minimum absolute atomic E-state index is 0.218. The Kier molecular flexibility index (Phi) is 5.80. The smallest absolute Gasteiger partial charge is 0.0234 e. The van der Waals surface area contributed by atoms with Crippen molar-refractivity contribution < 1.29 is 0 Å². The van der Waals surface area contributed by atoms with E-state index in [0.717, 1.165) is 19.6 Å². The minimum Gasteiger partial charge on any atom is -0.311 e. The molecular weight excluding hydrogens is 258 g/mol. The largest absolute Gasteiger partial charge is 0.311 e. The van der Waals surface area contributed by atoms with Crippen LogP contribution in [0.15, 0.2) is 30.3 Å². The molecule has 1 N–H and O–H groups in total. The van der Waals surface area contributed by atoms with Gasteiger partial charge in [0.15, 0.2) is 0 Å². The Labute approximate surface area is 130 Å². The van der Waals surface area contributed by atoms with Crippen molar-refractivity contribution in [1.82, 2.24) is 15.1 Å². The predicted molar refractivity (Wildman–Crippen MR) is 90.5 cm³/mol. The molecule has 0 aliphatic carbocycles.